The van der Waals surface area contributed by atoms with Gasteiger partial charge in [-0.05, 0) is 63.7 Å². The lowest BCUT2D eigenvalue weighted by molar-refractivity contribution is -0.132. The maximum atomic E-state index is 13.1. The summed E-state index contributed by atoms with van der Waals surface area (Å²) in [6, 6.07) is 10.7. The highest BCUT2D eigenvalue weighted by Gasteiger charge is 2.38. The van der Waals surface area contributed by atoms with Crippen molar-refractivity contribution in [1.82, 2.24) is 20.2 Å². The predicted molar refractivity (Wildman–Crippen MR) is 129 cm³/mol. The first-order valence-corrected chi connectivity index (χ1v) is 12.2. The van der Waals surface area contributed by atoms with Gasteiger partial charge in [-0.25, -0.2) is 0 Å². The molecule has 7 heteroatoms. The van der Waals surface area contributed by atoms with E-state index in [9.17, 15) is 4.79 Å². The zero-order valence-corrected chi connectivity index (χ0v) is 20.3. The molecule has 2 N–H and O–H groups in total. The number of hydrogen-bond acceptors (Lipinski definition) is 5. The molecule has 2 fully saturated rings. The summed E-state index contributed by atoms with van der Waals surface area (Å²) >= 11 is 1.55. The van der Waals surface area contributed by atoms with Gasteiger partial charge in [0.15, 0.2) is 5.84 Å². The first-order valence-electron chi connectivity index (χ1n) is 11.4. The van der Waals surface area contributed by atoms with Gasteiger partial charge in [-0.3, -0.25) is 20.2 Å². The molecule has 170 valence electrons. The third-order valence-corrected chi connectivity index (χ3v) is 7.08. The molecule has 0 aromatic heterocycles. The number of thioether (sulfide) groups is 1. The largest absolute Gasteiger partial charge is 0.379 e. The molecule has 2 aliphatic rings. The molecule has 2 saturated heterocycles. The Hall–Kier alpha value is -1.99. The van der Waals surface area contributed by atoms with Crippen molar-refractivity contribution < 1.29 is 4.79 Å². The minimum absolute atomic E-state index is 0.105. The van der Waals surface area contributed by atoms with Gasteiger partial charge in [-0.1, -0.05) is 43.8 Å². The maximum Gasteiger partial charge on any atom is 0.278 e. The zero-order valence-electron chi connectivity index (χ0n) is 19.5. The fourth-order valence-corrected chi connectivity index (χ4v) is 5.08. The van der Waals surface area contributed by atoms with Crippen LogP contribution in [0.3, 0.4) is 0 Å². The summed E-state index contributed by atoms with van der Waals surface area (Å²) in [4.78, 5) is 16.7. The second kappa shape index (κ2) is 10.6. The third kappa shape index (κ3) is 5.83. The Morgan fingerprint density at radius 2 is 1.81 bits per heavy atom. The van der Waals surface area contributed by atoms with Crippen molar-refractivity contribution in [2.45, 2.75) is 51.5 Å². The molecule has 1 aromatic carbocycles. The van der Waals surface area contributed by atoms with Crippen molar-refractivity contribution in [2.24, 2.45) is 11.8 Å². The van der Waals surface area contributed by atoms with Gasteiger partial charge >= 0.3 is 0 Å². The minimum atomic E-state index is -0.105. The molecule has 31 heavy (non-hydrogen) atoms. The monoisotopic (exact) mass is 443 g/mol. The molecule has 0 radical (unpaired) electrons. The summed E-state index contributed by atoms with van der Waals surface area (Å²) in [6.45, 7) is 12.5. The fraction of sp³-hybridized carbons (Fsp3) is 0.583. The summed E-state index contributed by atoms with van der Waals surface area (Å²) in [5.74, 6) is 1.13. The summed E-state index contributed by atoms with van der Waals surface area (Å²) in [6.07, 6.45) is 2.32. The average molecular weight is 444 g/mol. The molecular weight excluding hydrogens is 406 g/mol. The number of nitrogens with one attached hydrogen (secondary N) is 2. The summed E-state index contributed by atoms with van der Waals surface area (Å²) in [5.41, 5.74) is 0.483. The molecule has 3 rings (SSSR count). The highest BCUT2D eigenvalue weighted by molar-refractivity contribution is 8.03. The van der Waals surface area contributed by atoms with Crippen LogP contribution in [0.25, 0.3) is 0 Å². The first-order chi connectivity index (χ1) is 14.8. The Morgan fingerprint density at radius 3 is 2.39 bits per heavy atom. The number of likely N-dealkylation sites (tertiary alicyclic amines) is 1. The minimum Gasteiger partial charge on any atom is -0.379 e. The molecule has 0 aliphatic carbocycles. The van der Waals surface area contributed by atoms with Crippen LogP contribution in [-0.2, 0) is 4.79 Å². The summed E-state index contributed by atoms with van der Waals surface area (Å²) in [7, 11) is 1.76. The number of amidine groups is 1. The number of benzene rings is 1. The summed E-state index contributed by atoms with van der Waals surface area (Å²) < 4.78 is 0. The number of piperidine rings is 1. The number of hydrazine groups is 1. The molecular formula is C24H37N5OS. The van der Waals surface area contributed by atoms with Gasteiger partial charge in [0.25, 0.3) is 5.91 Å². The highest BCUT2D eigenvalue weighted by atomic mass is 32.2. The van der Waals surface area contributed by atoms with Crippen molar-refractivity contribution in [1.29, 1.82) is 5.41 Å². The van der Waals surface area contributed by atoms with Gasteiger partial charge in [0.2, 0.25) is 0 Å². The standard InChI is InChI=1S/C24H37N5OS/c1-17(2)16-29-22(25)21(24(30)27(29)5)23(31-20-9-7-6-8-10-20)26-15-19-11-13-28(14-12-19)18(3)4/h6-10,17-19,25-26H,11-16H2,1-5H3/b23-21-,25-22?. The molecule has 6 nitrogen and oxygen atoms in total. The number of likely N-dealkylation sites (N-methyl/N-ethyl adjacent to an activating group) is 1. The van der Waals surface area contributed by atoms with Crippen molar-refractivity contribution in [3.63, 3.8) is 0 Å². The van der Waals surface area contributed by atoms with Crippen LogP contribution in [-0.4, -0.2) is 65.9 Å². The fourth-order valence-electron chi connectivity index (χ4n) is 4.11. The lowest BCUT2D eigenvalue weighted by atomic mass is 9.96. The molecule has 0 bridgehead atoms. The lowest BCUT2D eigenvalue weighted by Crippen LogP contribution is -2.40. The molecule has 0 spiro atoms. The Bertz CT molecular complexity index is 799. The van der Waals surface area contributed by atoms with Gasteiger partial charge in [0.05, 0.1) is 5.03 Å². The first kappa shape index (κ1) is 23.7. The normalized spacial score (nSPS) is 20.4. The number of amides is 1. The van der Waals surface area contributed by atoms with E-state index in [1.807, 2.05) is 30.3 Å². The van der Waals surface area contributed by atoms with Gasteiger partial charge < -0.3 is 10.2 Å². The Balaban J connectivity index is 1.80. The predicted octanol–water partition coefficient (Wildman–Crippen LogP) is 4.02. The second-order valence-corrected chi connectivity index (χ2v) is 10.3. The van der Waals surface area contributed by atoms with E-state index in [2.05, 4.69) is 37.9 Å². The van der Waals surface area contributed by atoms with Crippen molar-refractivity contribution in [3.8, 4) is 0 Å². The van der Waals surface area contributed by atoms with E-state index in [0.717, 1.165) is 42.4 Å². The summed E-state index contributed by atoms with van der Waals surface area (Å²) in [5, 5.41) is 16.5. The van der Waals surface area contributed by atoms with E-state index < -0.39 is 0 Å². The SMILES string of the molecule is CC(C)CN1C(=N)/C(=C(\NCC2CCN(C(C)C)CC2)Sc2ccccc2)C(=O)N1C. The quantitative estimate of drug-likeness (QED) is 0.469. The van der Waals surface area contributed by atoms with E-state index in [1.165, 1.54) is 0 Å². The van der Waals surface area contributed by atoms with E-state index in [4.69, 9.17) is 5.41 Å². The molecule has 2 aliphatic heterocycles. The van der Waals surface area contributed by atoms with Crippen molar-refractivity contribution in [3.05, 3.63) is 40.9 Å². The molecule has 1 aromatic rings. The van der Waals surface area contributed by atoms with Crippen LogP contribution < -0.4 is 5.32 Å². The van der Waals surface area contributed by atoms with E-state index in [1.54, 1.807) is 28.8 Å². The highest BCUT2D eigenvalue weighted by Crippen LogP contribution is 2.32. The van der Waals surface area contributed by atoms with Crippen LogP contribution in [0, 0.1) is 17.2 Å². The van der Waals surface area contributed by atoms with Gasteiger partial charge in [0.1, 0.15) is 5.57 Å². The number of carbonyl (C=O) groups excluding carboxylic acids is 1. The van der Waals surface area contributed by atoms with Crippen LogP contribution in [0.15, 0.2) is 45.8 Å². The number of hydrogen-bond donors (Lipinski definition) is 2. The number of nitrogens with zero attached hydrogens (tertiary/aromatic N) is 3. The van der Waals surface area contributed by atoms with Crippen molar-refractivity contribution >= 4 is 23.5 Å². The second-order valence-electron chi connectivity index (χ2n) is 9.23. The molecule has 0 saturated carbocycles. The van der Waals surface area contributed by atoms with Crippen LogP contribution in [0.1, 0.15) is 40.5 Å². The van der Waals surface area contributed by atoms with Gasteiger partial charge in [0, 0.05) is 31.1 Å². The van der Waals surface area contributed by atoms with Crippen molar-refractivity contribution in [2.75, 3.05) is 33.2 Å². The van der Waals surface area contributed by atoms with E-state index in [0.29, 0.717) is 35.8 Å². The Morgan fingerprint density at radius 1 is 1.16 bits per heavy atom. The molecule has 0 unspecified atom stereocenters. The molecule has 0 atom stereocenters. The van der Waals surface area contributed by atoms with Crippen LogP contribution >= 0.6 is 11.8 Å². The number of carbonyl (C=O) groups is 1. The van der Waals surface area contributed by atoms with Crippen LogP contribution in [0.5, 0.6) is 0 Å². The van der Waals surface area contributed by atoms with E-state index in [-0.39, 0.29) is 5.91 Å². The van der Waals surface area contributed by atoms with Gasteiger partial charge in [-0.2, -0.15) is 0 Å². The average Bonchev–Trinajstić information content (AvgIpc) is 2.95. The number of rotatable bonds is 8. The van der Waals surface area contributed by atoms with Gasteiger partial charge in [-0.15, -0.1) is 0 Å². The Labute approximate surface area is 191 Å². The van der Waals surface area contributed by atoms with Crippen LogP contribution in [0.4, 0.5) is 0 Å². The topological polar surface area (TPSA) is 62.7 Å². The van der Waals surface area contributed by atoms with Crippen LogP contribution in [0.2, 0.25) is 0 Å². The maximum absolute atomic E-state index is 13.1. The molecule has 1 amide bonds. The smallest absolute Gasteiger partial charge is 0.278 e. The van der Waals surface area contributed by atoms with E-state index >= 15 is 0 Å². The zero-order chi connectivity index (χ0) is 22.5. The lowest BCUT2D eigenvalue weighted by Gasteiger charge is -2.34. The third-order valence-electron chi connectivity index (χ3n) is 6.02. The Kier molecular flexibility index (Phi) is 8.06. The molecule has 2 heterocycles.